The topological polar surface area (TPSA) is 34.0 Å². The van der Waals surface area contributed by atoms with Gasteiger partial charge in [0.15, 0.2) is 0 Å². The molecule has 0 unspecified atom stereocenters. The number of fused-ring (bicyclic) bond motifs is 1. The maximum Gasteiger partial charge on any atom is 0.416 e. The van der Waals surface area contributed by atoms with Gasteiger partial charge in [-0.05, 0) is 66.3 Å². The summed E-state index contributed by atoms with van der Waals surface area (Å²) in [6, 6.07) is 21.1. The molecule has 0 bridgehead atoms. The lowest BCUT2D eigenvalue weighted by molar-refractivity contribution is -0.138. The van der Waals surface area contributed by atoms with Crippen LogP contribution in [0, 0.1) is 0 Å². The summed E-state index contributed by atoms with van der Waals surface area (Å²) in [5.41, 5.74) is 2.83. The first-order chi connectivity index (χ1) is 16.8. The van der Waals surface area contributed by atoms with Crippen molar-refractivity contribution in [3.8, 4) is 0 Å². The molecule has 1 heterocycles. The second-order valence-corrected chi connectivity index (χ2v) is 9.58. The summed E-state index contributed by atoms with van der Waals surface area (Å²) in [5.74, 6) is 0.821. The summed E-state index contributed by atoms with van der Waals surface area (Å²) in [5, 5.41) is 3.79. The van der Waals surface area contributed by atoms with Crippen LogP contribution in [0.1, 0.15) is 46.6 Å². The molecule has 0 aliphatic heterocycles. The fraction of sp³-hybridized carbons (Fsp3) is 0.250. The number of rotatable bonds is 8. The van der Waals surface area contributed by atoms with Gasteiger partial charge in [0.25, 0.3) is 5.91 Å². The number of nitrogens with zero attached hydrogens (tertiary/aromatic N) is 1. The van der Waals surface area contributed by atoms with Gasteiger partial charge < -0.3 is 9.88 Å². The Morgan fingerprint density at radius 2 is 1.71 bits per heavy atom. The number of carbonyl (C=O) groups is 1. The second-order valence-electron chi connectivity index (χ2n) is 8.24. The van der Waals surface area contributed by atoms with Crippen LogP contribution < -0.4 is 5.32 Å². The molecule has 1 N–H and O–H groups in total. The molecular weight excluding hydrogens is 469 g/mol. The monoisotopic (exact) mass is 496 g/mol. The number of nitrogens with one attached hydrogen (secondary N) is 1. The molecule has 0 fully saturated rings. The van der Waals surface area contributed by atoms with E-state index in [9.17, 15) is 18.0 Å². The number of aromatic nitrogens is 1. The van der Waals surface area contributed by atoms with Crippen LogP contribution in [-0.4, -0.2) is 16.2 Å². The highest BCUT2D eigenvalue weighted by molar-refractivity contribution is 7.99. The Labute approximate surface area is 207 Å². The lowest BCUT2D eigenvalue weighted by Crippen LogP contribution is -2.22. The number of thioether (sulfide) groups is 1. The molecule has 0 aliphatic rings. The van der Waals surface area contributed by atoms with Crippen LogP contribution >= 0.6 is 11.8 Å². The first-order valence-corrected chi connectivity index (χ1v) is 12.6. The number of aryl methyl sites for hydroxylation is 1. The number of benzene rings is 3. The van der Waals surface area contributed by atoms with Crippen LogP contribution in [0.25, 0.3) is 10.9 Å². The normalized spacial score (nSPS) is 11.7. The van der Waals surface area contributed by atoms with Gasteiger partial charge in [-0.1, -0.05) is 37.3 Å². The first kappa shape index (κ1) is 24.9. The van der Waals surface area contributed by atoms with E-state index >= 15 is 0 Å². The molecule has 3 aromatic carbocycles. The van der Waals surface area contributed by atoms with E-state index < -0.39 is 11.7 Å². The Balaban J connectivity index is 1.54. The minimum absolute atomic E-state index is 0.159. The minimum atomic E-state index is -4.40. The fourth-order valence-electron chi connectivity index (χ4n) is 4.29. The Hall–Kier alpha value is -3.19. The van der Waals surface area contributed by atoms with Gasteiger partial charge in [0.2, 0.25) is 0 Å². The van der Waals surface area contributed by atoms with Crippen molar-refractivity contribution in [3.63, 3.8) is 0 Å². The summed E-state index contributed by atoms with van der Waals surface area (Å²) in [7, 11) is 0. The highest BCUT2D eigenvalue weighted by Gasteiger charge is 2.33. The van der Waals surface area contributed by atoms with Crippen molar-refractivity contribution in [2.45, 2.75) is 44.4 Å². The highest BCUT2D eigenvalue weighted by Crippen LogP contribution is 2.33. The van der Waals surface area contributed by atoms with E-state index in [0.29, 0.717) is 18.7 Å². The zero-order chi connectivity index (χ0) is 25.0. The molecule has 4 rings (SSSR count). The van der Waals surface area contributed by atoms with Crippen molar-refractivity contribution in [2.24, 2.45) is 0 Å². The van der Waals surface area contributed by atoms with Crippen LogP contribution in [0.2, 0.25) is 0 Å². The zero-order valence-electron chi connectivity index (χ0n) is 19.7. The van der Waals surface area contributed by atoms with Crippen LogP contribution in [0.3, 0.4) is 0 Å². The molecule has 182 valence electrons. The van der Waals surface area contributed by atoms with Gasteiger partial charge in [0.05, 0.1) is 5.56 Å². The average molecular weight is 497 g/mol. The molecule has 4 aromatic rings. The molecule has 35 heavy (non-hydrogen) atoms. The van der Waals surface area contributed by atoms with E-state index in [2.05, 4.69) is 12.2 Å². The van der Waals surface area contributed by atoms with Gasteiger partial charge in [0, 0.05) is 46.6 Å². The third-order valence-corrected chi connectivity index (χ3v) is 6.84. The quantitative estimate of drug-likeness (QED) is 0.260. The van der Waals surface area contributed by atoms with E-state index in [1.807, 2.05) is 47.9 Å². The number of alkyl halides is 3. The summed E-state index contributed by atoms with van der Waals surface area (Å²) in [4.78, 5) is 14.0. The number of carbonyl (C=O) groups excluding carboxylic acids is 1. The molecule has 0 radical (unpaired) electrons. The molecular formula is C28H27F3N2OS. The predicted molar refractivity (Wildman–Crippen MR) is 136 cm³/mol. The Morgan fingerprint density at radius 3 is 2.40 bits per heavy atom. The van der Waals surface area contributed by atoms with Crippen molar-refractivity contribution in [1.29, 1.82) is 0 Å². The third-order valence-electron chi connectivity index (χ3n) is 5.95. The fourth-order valence-corrected chi connectivity index (χ4v) is 4.95. The van der Waals surface area contributed by atoms with Crippen LogP contribution in [0.15, 0.2) is 77.7 Å². The first-order valence-electron chi connectivity index (χ1n) is 11.6. The van der Waals surface area contributed by atoms with Crippen LogP contribution in [0.4, 0.5) is 13.2 Å². The maximum absolute atomic E-state index is 13.5. The largest absolute Gasteiger partial charge is 0.416 e. The molecule has 0 saturated heterocycles. The lowest BCUT2D eigenvalue weighted by atomic mass is 10.0. The summed E-state index contributed by atoms with van der Waals surface area (Å²) >= 11 is 1.77. The number of halogens is 3. The molecule has 3 nitrogen and oxygen atoms in total. The zero-order valence-corrected chi connectivity index (χ0v) is 20.5. The number of hydrogen-bond acceptors (Lipinski definition) is 2. The van der Waals surface area contributed by atoms with Crippen molar-refractivity contribution in [1.82, 2.24) is 9.88 Å². The Kier molecular flexibility index (Phi) is 7.55. The van der Waals surface area contributed by atoms with Gasteiger partial charge in [-0.2, -0.15) is 13.2 Å². The molecule has 0 spiro atoms. The SMILES string of the molecule is CCSc1ccc(CNC(=O)c2ccc3c(c2)cc(Cc2ccccc2C(F)(F)F)n3CC)cc1. The second kappa shape index (κ2) is 10.6. The van der Waals surface area contributed by atoms with Gasteiger partial charge >= 0.3 is 6.18 Å². The van der Waals surface area contributed by atoms with E-state index in [4.69, 9.17) is 0 Å². The summed E-state index contributed by atoms with van der Waals surface area (Å²) in [6.07, 6.45) is -4.24. The standard InChI is InChI=1S/C28H27F3N2OS/c1-3-33-23(16-20-7-5-6-8-25(20)28(29,30)31)17-22-15-21(11-14-26(22)33)27(34)32-18-19-9-12-24(13-10-19)35-4-2/h5-15,17H,3-4,16,18H2,1-2H3,(H,32,34). The minimum Gasteiger partial charge on any atom is -0.348 e. The van der Waals surface area contributed by atoms with Crippen molar-refractivity contribution >= 4 is 28.6 Å². The number of amides is 1. The number of hydrogen-bond donors (Lipinski definition) is 1. The smallest absolute Gasteiger partial charge is 0.348 e. The maximum atomic E-state index is 13.5. The van der Waals surface area contributed by atoms with E-state index in [-0.39, 0.29) is 17.9 Å². The van der Waals surface area contributed by atoms with E-state index in [1.54, 1.807) is 30.0 Å². The predicted octanol–water partition coefficient (Wildman–Crippen LogP) is 7.31. The van der Waals surface area contributed by atoms with E-state index in [0.717, 1.165) is 34.0 Å². The molecule has 1 amide bonds. The molecule has 0 atom stereocenters. The van der Waals surface area contributed by atoms with Gasteiger partial charge in [-0.25, -0.2) is 0 Å². The summed E-state index contributed by atoms with van der Waals surface area (Å²) < 4.78 is 42.4. The molecule has 7 heteroatoms. The van der Waals surface area contributed by atoms with Crippen LogP contribution in [0.5, 0.6) is 0 Å². The van der Waals surface area contributed by atoms with Crippen LogP contribution in [-0.2, 0) is 25.7 Å². The van der Waals surface area contributed by atoms with Crippen molar-refractivity contribution < 1.29 is 18.0 Å². The van der Waals surface area contributed by atoms with E-state index in [1.165, 1.54) is 17.0 Å². The van der Waals surface area contributed by atoms with Gasteiger partial charge in [-0.3, -0.25) is 4.79 Å². The molecule has 0 aliphatic carbocycles. The molecule has 0 saturated carbocycles. The Morgan fingerprint density at radius 1 is 0.971 bits per heavy atom. The lowest BCUT2D eigenvalue weighted by Gasteiger charge is -2.14. The van der Waals surface area contributed by atoms with Crippen molar-refractivity contribution in [3.05, 3.63) is 101 Å². The summed E-state index contributed by atoms with van der Waals surface area (Å²) in [6.45, 7) is 5.10. The van der Waals surface area contributed by atoms with Crippen molar-refractivity contribution in [2.75, 3.05) is 5.75 Å². The van der Waals surface area contributed by atoms with Gasteiger partial charge in [0.1, 0.15) is 0 Å². The Bertz CT molecular complexity index is 1330. The molecule has 1 aromatic heterocycles. The third kappa shape index (κ3) is 5.73. The highest BCUT2D eigenvalue weighted by atomic mass is 32.2. The van der Waals surface area contributed by atoms with Gasteiger partial charge in [-0.15, -0.1) is 11.8 Å². The average Bonchev–Trinajstić information content (AvgIpc) is 3.19.